The number of hydrogen-bond acceptors (Lipinski definition) is 4. The van der Waals surface area contributed by atoms with E-state index in [1.807, 2.05) is 30.3 Å². The number of carbonyl (C=O) groups excluding carboxylic acids is 1. The number of fused-ring (bicyclic) bond motifs is 1. The molecule has 1 atom stereocenters. The number of carbonyl (C=O) groups is 1. The van der Waals surface area contributed by atoms with Gasteiger partial charge in [-0.15, -0.1) is 0 Å². The highest BCUT2D eigenvalue weighted by Gasteiger charge is 2.08. The van der Waals surface area contributed by atoms with E-state index >= 15 is 0 Å². The van der Waals surface area contributed by atoms with Gasteiger partial charge in [-0.1, -0.05) is 37.3 Å². The number of ether oxygens (including phenoxy) is 1. The molecule has 0 fully saturated rings. The van der Waals surface area contributed by atoms with Crippen molar-refractivity contribution in [2.45, 2.75) is 12.8 Å². The van der Waals surface area contributed by atoms with Crippen LogP contribution in [0.15, 0.2) is 69.9 Å². The van der Waals surface area contributed by atoms with Crippen LogP contribution in [-0.4, -0.2) is 19.1 Å². The molecule has 1 N–H and O–H groups in total. The second-order valence-corrected chi connectivity index (χ2v) is 5.86. The van der Waals surface area contributed by atoms with E-state index in [1.54, 1.807) is 24.3 Å². The second-order valence-electron chi connectivity index (χ2n) is 5.86. The first-order valence-corrected chi connectivity index (χ1v) is 8.10. The molecule has 5 nitrogen and oxygen atoms in total. The van der Waals surface area contributed by atoms with Crippen LogP contribution < -0.4 is 15.7 Å². The van der Waals surface area contributed by atoms with Gasteiger partial charge < -0.3 is 14.5 Å². The number of benzene rings is 2. The van der Waals surface area contributed by atoms with E-state index in [2.05, 4.69) is 12.2 Å². The maximum absolute atomic E-state index is 12.0. The highest BCUT2D eigenvalue weighted by molar-refractivity contribution is 5.79. The summed E-state index contributed by atoms with van der Waals surface area (Å²) in [5.41, 5.74) is 1.19. The summed E-state index contributed by atoms with van der Waals surface area (Å²) >= 11 is 0. The molecule has 1 unspecified atom stereocenters. The van der Waals surface area contributed by atoms with Crippen LogP contribution >= 0.6 is 0 Å². The Kier molecular flexibility index (Phi) is 5.14. The zero-order valence-electron chi connectivity index (χ0n) is 13.9. The van der Waals surface area contributed by atoms with Crippen LogP contribution in [0, 0.1) is 0 Å². The second kappa shape index (κ2) is 7.66. The summed E-state index contributed by atoms with van der Waals surface area (Å²) in [5.74, 6) is 0.505. The normalized spacial score (nSPS) is 11.9. The fourth-order valence-electron chi connectivity index (χ4n) is 2.50. The van der Waals surface area contributed by atoms with Gasteiger partial charge in [-0.3, -0.25) is 4.79 Å². The van der Waals surface area contributed by atoms with Gasteiger partial charge in [0.1, 0.15) is 11.3 Å². The van der Waals surface area contributed by atoms with Crippen molar-refractivity contribution in [1.82, 2.24) is 5.32 Å². The van der Waals surface area contributed by atoms with Crippen LogP contribution in [0.1, 0.15) is 18.4 Å². The van der Waals surface area contributed by atoms with E-state index in [0.29, 0.717) is 17.9 Å². The van der Waals surface area contributed by atoms with Gasteiger partial charge in [0.05, 0.1) is 0 Å². The first kappa shape index (κ1) is 16.8. The lowest BCUT2D eigenvalue weighted by atomic mass is 10.0. The zero-order valence-corrected chi connectivity index (χ0v) is 13.9. The molecule has 5 heteroatoms. The molecule has 0 spiro atoms. The molecule has 0 saturated heterocycles. The lowest BCUT2D eigenvalue weighted by Crippen LogP contribution is -2.31. The van der Waals surface area contributed by atoms with Gasteiger partial charge in [0.15, 0.2) is 6.61 Å². The summed E-state index contributed by atoms with van der Waals surface area (Å²) < 4.78 is 10.6. The molecule has 3 rings (SSSR count). The minimum absolute atomic E-state index is 0.0932. The van der Waals surface area contributed by atoms with Crippen molar-refractivity contribution in [2.75, 3.05) is 13.2 Å². The first-order chi connectivity index (χ1) is 12.1. The number of nitrogens with one attached hydrogen (secondary N) is 1. The van der Waals surface area contributed by atoms with Crippen LogP contribution in [0.3, 0.4) is 0 Å². The summed E-state index contributed by atoms with van der Waals surface area (Å²) in [4.78, 5) is 23.2. The maximum atomic E-state index is 12.0. The predicted octanol–water partition coefficient (Wildman–Crippen LogP) is 3.09. The molecule has 2 aromatic carbocycles. The van der Waals surface area contributed by atoms with Crippen LogP contribution in [0.25, 0.3) is 11.0 Å². The molecule has 128 valence electrons. The van der Waals surface area contributed by atoms with Gasteiger partial charge in [0, 0.05) is 24.1 Å². The van der Waals surface area contributed by atoms with Gasteiger partial charge in [0.25, 0.3) is 5.91 Å². The molecule has 0 bridgehead atoms. The Labute approximate surface area is 145 Å². The molecule has 0 aliphatic carbocycles. The molecule has 1 aromatic heterocycles. The Hall–Kier alpha value is -3.08. The molecule has 1 amide bonds. The summed E-state index contributed by atoms with van der Waals surface area (Å²) in [5, 5.41) is 3.66. The summed E-state index contributed by atoms with van der Waals surface area (Å²) in [6.45, 7) is 2.50. The van der Waals surface area contributed by atoms with Gasteiger partial charge >= 0.3 is 5.63 Å². The Bertz CT molecular complexity index is 918. The average Bonchev–Trinajstić information content (AvgIpc) is 2.64. The fourth-order valence-corrected chi connectivity index (χ4v) is 2.50. The van der Waals surface area contributed by atoms with Crippen LogP contribution in [-0.2, 0) is 4.79 Å². The van der Waals surface area contributed by atoms with Crippen molar-refractivity contribution < 1.29 is 13.9 Å². The smallest absolute Gasteiger partial charge is 0.336 e. The lowest BCUT2D eigenvalue weighted by Gasteiger charge is -2.13. The Morgan fingerprint density at radius 3 is 2.68 bits per heavy atom. The Morgan fingerprint density at radius 2 is 1.88 bits per heavy atom. The third-order valence-electron chi connectivity index (χ3n) is 3.94. The van der Waals surface area contributed by atoms with E-state index in [9.17, 15) is 9.59 Å². The molecule has 1 heterocycles. The molecule has 0 radical (unpaired) electrons. The molecule has 0 aliphatic heterocycles. The highest BCUT2D eigenvalue weighted by atomic mass is 16.5. The van der Waals surface area contributed by atoms with Crippen molar-refractivity contribution in [2.24, 2.45) is 0 Å². The lowest BCUT2D eigenvalue weighted by molar-refractivity contribution is -0.123. The SMILES string of the molecule is CC(CNC(=O)COc1ccc2ccc(=O)oc2c1)c1ccccc1. The number of amides is 1. The van der Waals surface area contributed by atoms with E-state index in [1.165, 1.54) is 11.6 Å². The highest BCUT2D eigenvalue weighted by Crippen LogP contribution is 2.19. The summed E-state index contributed by atoms with van der Waals surface area (Å²) in [7, 11) is 0. The van der Waals surface area contributed by atoms with E-state index in [0.717, 1.165) is 5.39 Å². The average molecular weight is 337 g/mol. The van der Waals surface area contributed by atoms with E-state index in [4.69, 9.17) is 9.15 Å². The maximum Gasteiger partial charge on any atom is 0.336 e. The summed E-state index contributed by atoms with van der Waals surface area (Å²) in [6, 6.07) is 18.2. The first-order valence-electron chi connectivity index (χ1n) is 8.10. The topological polar surface area (TPSA) is 68.5 Å². The molecule has 0 saturated carbocycles. The molecule has 25 heavy (non-hydrogen) atoms. The van der Waals surface area contributed by atoms with Gasteiger partial charge in [0.2, 0.25) is 0 Å². The fraction of sp³-hybridized carbons (Fsp3) is 0.200. The third-order valence-corrected chi connectivity index (χ3v) is 3.94. The van der Waals surface area contributed by atoms with Crippen molar-refractivity contribution in [3.8, 4) is 5.75 Å². The third kappa shape index (κ3) is 4.47. The van der Waals surface area contributed by atoms with Gasteiger partial charge in [-0.05, 0) is 29.7 Å². The van der Waals surface area contributed by atoms with Crippen LogP contribution in [0.4, 0.5) is 0 Å². The Balaban J connectivity index is 1.53. The number of hydrogen-bond donors (Lipinski definition) is 1. The monoisotopic (exact) mass is 337 g/mol. The van der Waals surface area contributed by atoms with Crippen molar-refractivity contribution in [3.63, 3.8) is 0 Å². The van der Waals surface area contributed by atoms with Crippen LogP contribution in [0.2, 0.25) is 0 Å². The van der Waals surface area contributed by atoms with Gasteiger partial charge in [-0.25, -0.2) is 4.79 Å². The zero-order chi connectivity index (χ0) is 17.6. The molecular weight excluding hydrogens is 318 g/mol. The number of rotatable bonds is 6. The molecular formula is C20H19NO4. The van der Waals surface area contributed by atoms with E-state index in [-0.39, 0.29) is 18.4 Å². The largest absolute Gasteiger partial charge is 0.484 e. The Morgan fingerprint density at radius 1 is 1.12 bits per heavy atom. The van der Waals surface area contributed by atoms with Crippen molar-refractivity contribution in [1.29, 1.82) is 0 Å². The molecule has 0 aliphatic rings. The summed E-state index contributed by atoms with van der Waals surface area (Å²) in [6.07, 6.45) is 0. The molecule has 3 aromatic rings. The standard InChI is InChI=1S/C20H19NO4/c1-14(15-5-3-2-4-6-15)12-21-19(22)13-24-17-9-7-16-8-10-20(23)25-18(16)11-17/h2-11,14H,12-13H2,1H3,(H,21,22). The van der Waals surface area contributed by atoms with E-state index < -0.39 is 5.63 Å². The van der Waals surface area contributed by atoms with Crippen LogP contribution in [0.5, 0.6) is 5.75 Å². The van der Waals surface area contributed by atoms with Crippen molar-refractivity contribution >= 4 is 16.9 Å². The minimum Gasteiger partial charge on any atom is -0.484 e. The predicted molar refractivity (Wildman–Crippen MR) is 95.8 cm³/mol. The quantitative estimate of drug-likeness (QED) is 0.702. The van der Waals surface area contributed by atoms with Gasteiger partial charge in [-0.2, -0.15) is 0 Å². The van der Waals surface area contributed by atoms with Crippen molar-refractivity contribution in [3.05, 3.63) is 76.6 Å². The minimum atomic E-state index is -0.419.